The fourth-order valence-corrected chi connectivity index (χ4v) is 5.70. The van der Waals surface area contributed by atoms with E-state index in [2.05, 4.69) is 5.32 Å². The van der Waals surface area contributed by atoms with Crippen molar-refractivity contribution in [1.82, 2.24) is 10.2 Å². The van der Waals surface area contributed by atoms with Gasteiger partial charge in [0.2, 0.25) is 11.8 Å². The molecule has 0 aliphatic carbocycles. The molecule has 208 valence electrons. The highest BCUT2D eigenvalue weighted by Crippen LogP contribution is 2.33. The molecule has 1 atom stereocenters. The Morgan fingerprint density at radius 3 is 2.18 bits per heavy atom. The molecule has 3 rings (SSSR count). The molecule has 0 radical (unpaired) electrons. The number of sulfonamides is 1. The third-order valence-electron chi connectivity index (χ3n) is 6.11. The number of carbonyl (C=O) groups is 2. The Morgan fingerprint density at radius 1 is 0.923 bits per heavy atom. The van der Waals surface area contributed by atoms with Crippen LogP contribution >= 0.6 is 23.2 Å². The molecular formula is C29H33Cl2N3O4S. The first kappa shape index (κ1) is 30.5. The third kappa shape index (κ3) is 7.97. The van der Waals surface area contributed by atoms with Crippen LogP contribution in [0.4, 0.5) is 5.69 Å². The number of hydrogen-bond donors (Lipinski definition) is 1. The minimum atomic E-state index is -4.24. The van der Waals surface area contributed by atoms with E-state index in [1.165, 1.54) is 35.2 Å². The molecule has 0 heterocycles. The molecule has 39 heavy (non-hydrogen) atoms. The van der Waals surface area contributed by atoms with E-state index >= 15 is 0 Å². The van der Waals surface area contributed by atoms with Gasteiger partial charge in [0.1, 0.15) is 12.6 Å². The fraction of sp³-hybridized carbons (Fsp3) is 0.310. The number of anilines is 1. The molecule has 0 aromatic heterocycles. The molecule has 0 unspecified atom stereocenters. The van der Waals surface area contributed by atoms with Crippen LogP contribution in [0.15, 0.2) is 77.7 Å². The standard InChI is InChI=1S/C29H33Cl2N3O4S/c1-20(2)17-32-29(36)22(4)33(18-23-8-6-5-7-9-23)28(35)19-34(27-16-24(30)12-15-26(27)31)39(37,38)25-13-10-21(3)11-14-25/h5-16,20,22H,17-19H2,1-4H3,(H,32,36)/t22-/m1/s1. The van der Waals surface area contributed by atoms with Gasteiger partial charge in [-0.3, -0.25) is 13.9 Å². The molecule has 0 saturated heterocycles. The highest BCUT2D eigenvalue weighted by atomic mass is 35.5. The first-order valence-electron chi connectivity index (χ1n) is 12.6. The Kier molecular flexibility index (Phi) is 10.4. The smallest absolute Gasteiger partial charge is 0.264 e. The van der Waals surface area contributed by atoms with Gasteiger partial charge in [0, 0.05) is 18.1 Å². The van der Waals surface area contributed by atoms with Crippen LogP contribution in [0.5, 0.6) is 0 Å². The van der Waals surface area contributed by atoms with Gasteiger partial charge in [0.15, 0.2) is 0 Å². The highest BCUT2D eigenvalue weighted by molar-refractivity contribution is 7.92. The molecule has 0 saturated carbocycles. The largest absolute Gasteiger partial charge is 0.354 e. The average molecular weight is 591 g/mol. The highest BCUT2D eigenvalue weighted by Gasteiger charge is 2.33. The van der Waals surface area contributed by atoms with Gasteiger partial charge in [0.25, 0.3) is 10.0 Å². The van der Waals surface area contributed by atoms with E-state index in [1.807, 2.05) is 51.1 Å². The van der Waals surface area contributed by atoms with Crippen molar-refractivity contribution < 1.29 is 18.0 Å². The number of halogens is 2. The summed E-state index contributed by atoms with van der Waals surface area (Å²) in [6, 6.07) is 19.1. The molecule has 0 aliphatic rings. The summed E-state index contributed by atoms with van der Waals surface area (Å²) in [5.74, 6) is -0.681. The molecule has 0 aliphatic heterocycles. The van der Waals surface area contributed by atoms with E-state index in [9.17, 15) is 18.0 Å². The lowest BCUT2D eigenvalue weighted by molar-refractivity contribution is -0.139. The van der Waals surface area contributed by atoms with E-state index in [0.717, 1.165) is 15.4 Å². The number of rotatable bonds is 11. The van der Waals surface area contributed by atoms with Gasteiger partial charge in [-0.1, -0.05) is 85.1 Å². The van der Waals surface area contributed by atoms with Crippen molar-refractivity contribution in [2.24, 2.45) is 5.92 Å². The molecule has 3 aromatic rings. The first-order valence-corrected chi connectivity index (χ1v) is 14.7. The van der Waals surface area contributed by atoms with E-state index in [4.69, 9.17) is 23.2 Å². The third-order valence-corrected chi connectivity index (χ3v) is 8.44. The molecule has 0 spiro atoms. The molecule has 10 heteroatoms. The van der Waals surface area contributed by atoms with Crippen LogP contribution in [-0.2, 0) is 26.2 Å². The summed E-state index contributed by atoms with van der Waals surface area (Å²) in [6.45, 7) is 7.38. The topological polar surface area (TPSA) is 86.8 Å². The molecule has 0 fully saturated rings. The molecule has 0 bridgehead atoms. The molecular weight excluding hydrogens is 557 g/mol. The number of nitrogens with zero attached hydrogens (tertiary/aromatic N) is 2. The minimum absolute atomic E-state index is 0.00530. The maximum atomic E-state index is 13.9. The maximum Gasteiger partial charge on any atom is 0.264 e. The van der Waals surface area contributed by atoms with Gasteiger partial charge in [-0.05, 0) is 55.7 Å². The summed E-state index contributed by atoms with van der Waals surface area (Å²) in [6.07, 6.45) is 0. The number of amides is 2. The lowest BCUT2D eigenvalue weighted by atomic mass is 10.1. The number of benzene rings is 3. The summed E-state index contributed by atoms with van der Waals surface area (Å²) in [5.41, 5.74) is 1.74. The van der Waals surface area contributed by atoms with Crippen LogP contribution in [0, 0.1) is 12.8 Å². The quantitative estimate of drug-likeness (QED) is 0.311. The Bertz CT molecular complexity index is 1400. The Morgan fingerprint density at radius 2 is 1.56 bits per heavy atom. The van der Waals surface area contributed by atoms with Crippen molar-refractivity contribution in [2.75, 3.05) is 17.4 Å². The fourth-order valence-electron chi connectivity index (χ4n) is 3.84. The zero-order valence-electron chi connectivity index (χ0n) is 22.4. The van der Waals surface area contributed by atoms with Crippen molar-refractivity contribution in [3.8, 4) is 0 Å². The van der Waals surface area contributed by atoms with Gasteiger partial charge in [0.05, 0.1) is 15.6 Å². The van der Waals surface area contributed by atoms with Crippen LogP contribution in [0.2, 0.25) is 10.0 Å². The van der Waals surface area contributed by atoms with Crippen molar-refractivity contribution in [1.29, 1.82) is 0 Å². The van der Waals surface area contributed by atoms with E-state index in [-0.39, 0.29) is 39.0 Å². The number of aryl methyl sites for hydroxylation is 1. The second kappa shape index (κ2) is 13.3. The second-order valence-electron chi connectivity index (χ2n) is 9.74. The zero-order chi connectivity index (χ0) is 28.7. The Labute approximate surface area is 240 Å². The number of carbonyl (C=O) groups excluding carboxylic acids is 2. The molecule has 2 amide bonds. The lowest BCUT2D eigenvalue weighted by Gasteiger charge is -2.32. The normalized spacial score (nSPS) is 12.2. The van der Waals surface area contributed by atoms with Crippen LogP contribution in [0.25, 0.3) is 0 Å². The predicted octanol–water partition coefficient (Wildman–Crippen LogP) is 5.69. The molecule has 1 N–H and O–H groups in total. The zero-order valence-corrected chi connectivity index (χ0v) is 24.7. The monoisotopic (exact) mass is 589 g/mol. The summed E-state index contributed by atoms with van der Waals surface area (Å²) in [5, 5.41) is 3.23. The van der Waals surface area contributed by atoms with Gasteiger partial charge in [-0.2, -0.15) is 0 Å². The van der Waals surface area contributed by atoms with Crippen molar-refractivity contribution in [3.05, 3.63) is 94.0 Å². The lowest BCUT2D eigenvalue weighted by Crippen LogP contribution is -2.51. The SMILES string of the molecule is Cc1ccc(S(=O)(=O)N(CC(=O)N(Cc2ccccc2)[C@H](C)C(=O)NCC(C)C)c2cc(Cl)ccc2Cl)cc1. The Balaban J connectivity index is 2.04. The van der Waals surface area contributed by atoms with Crippen LogP contribution in [0.1, 0.15) is 31.9 Å². The summed E-state index contributed by atoms with van der Waals surface area (Å²) in [7, 11) is -4.24. The van der Waals surface area contributed by atoms with E-state index in [1.54, 1.807) is 19.1 Å². The summed E-state index contributed by atoms with van der Waals surface area (Å²) >= 11 is 12.6. The molecule has 3 aromatic carbocycles. The van der Waals surface area contributed by atoms with Crippen molar-refractivity contribution >= 4 is 50.7 Å². The van der Waals surface area contributed by atoms with Gasteiger partial charge >= 0.3 is 0 Å². The van der Waals surface area contributed by atoms with Gasteiger partial charge < -0.3 is 10.2 Å². The van der Waals surface area contributed by atoms with E-state index < -0.39 is 28.5 Å². The van der Waals surface area contributed by atoms with Crippen molar-refractivity contribution in [3.63, 3.8) is 0 Å². The number of hydrogen-bond acceptors (Lipinski definition) is 4. The average Bonchev–Trinajstić information content (AvgIpc) is 2.90. The van der Waals surface area contributed by atoms with Gasteiger partial charge in [-0.25, -0.2) is 8.42 Å². The minimum Gasteiger partial charge on any atom is -0.354 e. The van der Waals surface area contributed by atoms with Crippen LogP contribution in [0.3, 0.4) is 0 Å². The summed E-state index contributed by atoms with van der Waals surface area (Å²) < 4.78 is 28.7. The van der Waals surface area contributed by atoms with Crippen LogP contribution < -0.4 is 9.62 Å². The molecule has 7 nitrogen and oxygen atoms in total. The predicted molar refractivity (Wildman–Crippen MR) is 156 cm³/mol. The van der Waals surface area contributed by atoms with Crippen LogP contribution in [-0.4, -0.2) is 44.3 Å². The van der Waals surface area contributed by atoms with Gasteiger partial charge in [-0.15, -0.1) is 0 Å². The first-order chi connectivity index (χ1) is 18.4. The van der Waals surface area contributed by atoms with Crippen molar-refractivity contribution in [2.45, 2.75) is 45.2 Å². The second-order valence-corrected chi connectivity index (χ2v) is 12.4. The summed E-state index contributed by atoms with van der Waals surface area (Å²) in [4.78, 5) is 28.3. The van der Waals surface area contributed by atoms with E-state index in [0.29, 0.717) is 6.54 Å². The Hall–Kier alpha value is -3.07. The maximum absolute atomic E-state index is 13.9. The number of nitrogens with one attached hydrogen (secondary N) is 1.